The Kier molecular flexibility index (Phi) is 8.81. The van der Waals surface area contributed by atoms with E-state index in [9.17, 15) is 21.6 Å². The van der Waals surface area contributed by atoms with Crippen LogP contribution in [0.15, 0.2) is 24.3 Å². The van der Waals surface area contributed by atoms with Crippen molar-refractivity contribution >= 4 is 22.4 Å². The number of alkyl halides is 3. The lowest BCUT2D eigenvalue weighted by molar-refractivity contribution is -0.153. The fourth-order valence-corrected chi connectivity index (χ4v) is 3.41. The van der Waals surface area contributed by atoms with Gasteiger partial charge in [0.05, 0.1) is 12.4 Å². The van der Waals surface area contributed by atoms with Gasteiger partial charge in [0.25, 0.3) is 0 Å². The van der Waals surface area contributed by atoms with E-state index in [1.54, 1.807) is 16.9 Å². The molecule has 10 heteroatoms. The molecule has 5 nitrogen and oxygen atoms in total. The molecule has 0 amide bonds. The van der Waals surface area contributed by atoms with E-state index in [1.165, 1.54) is 12.1 Å². The molecule has 0 aromatic heterocycles. The molecule has 1 saturated heterocycles. The lowest BCUT2D eigenvalue weighted by Crippen LogP contribution is -2.37. The van der Waals surface area contributed by atoms with Crippen LogP contribution >= 0.6 is 12.4 Å². The van der Waals surface area contributed by atoms with Crippen molar-refractivity contribution in [2.45, 2.75) is 44.1 Å². The maximum atomic E-state index is 13.1. The summed E-state index contributed by atoms with van der Waals surface area (Å²) in [5.74, 6) is 0. The highest BCUT2D eigenvalue weighted by Gasteiger charge is 2.42. The second kappa shape index (κ2) is 9.89. The van der Waals surface area contributed by atoms with E-state index in [2.05, 4.69) is 5.32 Å². The molecule has 0 aliphatic carbocycles. The molecular formula is C16H24ClF3N2O3S. The highest BCUT2D eigenvalue weighted by atomic mass is 35.5. The summed E-state index contributed by atoms with van der Waals surface area (Å²) in [6.45, 7) is 1.98. The zero-order valence-corrected chi connectivity index (χ0v) is 16.0. The predicted molar refractivity (Wildman–Crippen MR) is 95.8 cm³/mol. The van der Waals surface area contributed by atoms with Gasteiger partial charge in [-0.25, -0.2) is 8.42 Å². The summed E-state index contributed by atoms with van der Waals surface area (Å²) in [7, 11) is -3.99. The van der Waals surface area contributed by atoms with Crippen LogP contribution in [0.25, 0.3) is 0 Å². The number of hydrogen-bond donors (Lipinski definition) is 2. The fraction of sp³-hybridized carbons (Fsp3) is 0.625. The van der Waals surface area contributed by atoms with Crippen LogP contribution in [-0.2, 0) is 21.3 Å². The molecule has 150 valence electrons. The molecular weight excluding hydrogens is 393 g/mol. The van der Waals surface area contributed by atoms with Crippen molar-refractivity contribution in [1.82, 2.24) is 10.0 Å². The summed E-state index contributed by atoms with van der Waals surface area (Å²) in [6.07, 6.45) is -0.580. The van der Waals surface area contributed by atoms with E-state index in [-0.39, 0.29) is 24.1 Å². The Morgan fingerprint density at radius 2 is 1.88 bits per heavy atom. The van der Waals surface area contributed by atoms with Gasteiger partial charge in [-0.05, 0) is 30.4 Å². The molecule has 26 heavy (non-hydrogen) atoms. The highest BCUT2D eigenvalue weighted by molar-refractivity contribution is 7.88. The van der Waals surface area contributed by atoms with Gasteiger partial charge in [-0.2, -0.15) is 17.9 Å². The van der Waals surface area contributed by atoms with Crippen LogP contribution in [0.5, 0.6) is 0 Å². The van der Waals surface area contributed by atoms with E-state index in [1.807, 2.05) is 0 Å². The van der Waals surface area contributed by atoms with Crippen LogP contribution in [0.1, 0.15) is 36.4 Å². The molecule has 1 aliphatic rings. The topological polar surface area (TPSA) is 67.4 Å². The Balaban J connectivity index is 0.00000338. The third kappa shape index (κ3) is 7.79. The monoisotopic (exact) mass is 416 g/mol. The van der Waals surface area contributed by atoms with Crippen LogP contribution in [0.3, 0.4) is 0 Å². The molecule has 1 fully saturated rings. The van der Waals surface area contributed by atoms with E-state index in [4.69, 9.17) is 4.74 Å². The predicted octanol–water partition coefficient (Wildman–Crippen LogP) is 2.92. The van der Waals surface area contributed by atoms with Gasteiger partial charge in [0, 0.05) is 19.7 Å². The lowest BCUT2D eigenvalue weighted by Gasteiger charge is -2.23. The highest BCUT2D eigenvalue weighted by Crippen LogP contribution is 2.33. The van der Waals surface area contributed by atoms with Crippen LogP contribution in [0.2, 0.25) is 0 Å². The number of rotatable bonds is 7. The van der Waals surface area contributed by atoms with Crippen molar-refractivity contribution in [3.63, 3.8) is 0 Å². The molecule has 1 aliphatic heterocycles. The normalized spacial score (nSPS) is 19.6. The summed E-state index contributed by atoms with van der Waals surface area (Å²) < 4.78 is 68.9. The summed E-state index contributed by atoms with van der Waals surface area (Å²) in [5, 5.41) is 3.23. The fourth-order valence-electron chi connectivity index (χ4n) is 2.71. The van der Waals surface area contributed by atoms with E-state index < -0.39 is 22.2 Å². The van der Waals surface area contributed by atoms with Gasteiger partial charge in [-0.15, -0.1) is 12.4 Å². The Labute approximate surface area is 158 Å². The molecule has 2 rings (SSSR count). The minimum absolute atomic E-state index is 0. The Morgan fingerprint density at radius 1 is 1.23 bits per heavy atom. The van der Waals surface area contributed by atoms with Gasteiger partial charge in [-0.1, -0.05) is 24.3 Å². The van der Waals surface area contributed by atoms with Crippen LogP contribution in [0, 0.1) is 0 Å². The van der Waals surface area contributed by atoms with Gasteiger partial charge < -0.3 is 10.1 Å². The molecule has 1 aromatic rings. The molecule has 0 saturated carbocycles. The zero-order chi connectivity index (χ0) is 18.5. The van der Waals surface area contributed by atoms with Gasteiger partial charge >= 0.3 is 6.18 Å². The number of benzene rings is 1. The smallest absolute Gasteiger partial charge is 0.377 e. The Morgan fingerprint density at radius 3 is 2.38 bits per heavy atom. The summed E-state index contributed by atoms with van der Waals surface area (Å²) >= 11 is 0. The van der Waals surface area contributed by atoms with Gasteiger partial charge in [-0.3, -0.25) is 0 Å². The van der Waals surface area contributed by atoms with Crippen LogP contribution in [0.4, 0.5) is 13.2 Å². The summed E-state index contributed by atoms with van der Waals surface area (Å²) in [5.41, 5.74) is 0.678. The molecule has 1 unspecified atom stereocenters. The van der Waals surface area contributed by atoms with E-state index in [0.717, 1.165) is 31.4 Å². The first kappa shape index (κ1) is 23.2. The molecule has 1 heterocycles. The lowest BCUT2D eigenvalue weighted by atomic mass is 10.0. The largest absolute Gasteiger partial charge is 0.408 e. The molecule has 0 radical (unpaired) electrons. The average molecular weight is 417 g/mol. The summed E-state index contributed by atoms with van der Waals surface area (Å²) in [4.78, 5) is 0. The maximum absolute atomic E-state index is 13.1. The van der Waals surface area contributed by atoms with Crippen LogP contribution in [-0.4, -0.2) is 40.1 Å². The summed E-state index contributed by atoms with van der Waals surface area (Å²) in [6, 6.07) is 3.47. The molecule has 2 atom stereocenters. The van der Waals surface area contributed by atoms with Gasteiger partial charge in [0.15, 0.2) is 0 Å². The SMILES string of the molecule is CS(=O)(=O)N[C@@H](c1ccc(CNCC2CCCCO2)cc1)C(F)(F)F.Cl. The van der Waals surface area contributed by atoms with E-state index in [0.29, 0.717) is 19.3 Å². The minimum Gasteiger partial charge on any atom is -0.377 e. The Hall–Kier alpha value is -0.870. The first-order valence-corrected chi connectivity index (χ1v) is 9.99. The first-order chi connectivity index (χ1) is 11.6. The zero-order valence-electron chi connectivity index (χ0n) is 14.4. The number of hydrogen-bond acceptors (Lipinski definition) is 4. The number of ether oxygens (including phenoxy) is 1. The van der Waals surface area contributed by atoms with Crippen molar-refractivity contribution in [3.8, 4) is 0 Å². The minimum atomic E-state index is -4.71. The second-order valence-corrected chi connectivity index (χ2v) is 8.01. The van der Waals surface area contributed by atoms with Crippen molar-refractivity contribution < 1.29 is 26.3 Å². The molecule has 0 spiro atoms. The van der Waals surface area contributed by atoms with E-state index >= 15 is 0 Å². The third-order valence-corrected chi connectivity index (χ3v) is 4.61. The van der Waals surface area contributed by atoms with Crippen molar-refractivity contribution in [1.29, 1.82) is 0 Å². The third-order valence-electron chi connectivity index (χ3n) is 3.95. The van der Waals surface area contributed by atoms with Gasteiger partial charge in [0.1, 0.15) is 6.04 Å². The first-order valence-electron chi connectivity index (χ1n) is 8.10. The quantitative estimate of drug-likeness (QED) is 0.717. The number of halogens is 4. The molecule has 0 bridgehead atoms. The van der Waals surface area contributed by atoms with Crippen LogP contribution < -0.4 is 10.0 Å². The Bertz CT molecular complexity index is 648. The number of nitrogens with one attached hydrogen (secondary N) is 2. The second-order valence-electron chi connectivity index (χ2n) is 6.23. The average Bonchev–Trinajstić information content (AvgIpc) is 2.53. The van der Waals surface area contributed by atoms with Crippen molar-refractivity contribution in [3.05, 3.63) is 35.4 Å². The maximum Gasteiger partial charge on any atom is 0.408 e. The van der Waals surface area contributed by atoms with Crippen molar-refractivity contribution in [2.24, 2.45) is 0 Å². The molecule has 2 N–H and O–H groups in total. The van der Waals surface area contributed by atoms with Crippen molar-refractivity contribution in [2.75, 3.05) is 19.4 Å². The number of sulfonamides is 1. The van der Waals surface area contributed by atoms with Gasteiger partial charge in [0.2, 0.25) is 10.0 Å². The standard InChI is InChI=1S/C16H23F3N2O3S.ClH/c1-25(22,23)21-15(16(17,18)19)13-7-5-12(6-8-13)10-20-11-14-4-2-3-9-24-14;/h5-8,14-15,20-21H,2-4,9-11H2,1H3;1H/t14?,15-;/m0./s1. The molecule has 1 aromatic carbocycles.